The molecule has 176 valence electrons. The first-order valence-electron chi connectivity index (χ1n) is 10.0. The van der Waals surface area contributed by atoms with Gasteiger partial charge in [0.15, 0.2) is 9.84 Å². The molecule has 0 fully saturated rings. The average Bonchev–Trinajstić information content (AvgIpc) is 2.98. The first-order chi connectivity index (χ1) is 15.3. The van der Waals surface area contributed by atoms with E-state index in [1.165, 1.54) is 10.6 Å². The molecule has 0 spiro atoms. The van der Waals surface area contributed by atoms with Gasteiger partial charge in [0.1, 0.15) is 29.5 Å². The van der Waals surface area contributed by atoms with E-state index in [0.29, 0.717) is 11.0 Å². The molecule has 0 unspecified atom stereocenters. The Labute approximate surface area is 190 Å². The van der Waals surface area contributed by atoms with E-state index in [2.05, 4.69) is 15.6 Å². The smallest absolute Gasteiger partial charge is 0.412 e. The summed E-state index contributed by atoms with van der Waals surface area (Å²) >= 11 is 0. The van der Waals surface area contributed by atoms with Crippen LogP contribution in [0.15, 0.2) is 42.5 Å². The number of carbonyl (C=O) groups is 2. The lowest BCUT2D eigenvalue weighted by molar-refractivity contribution is -0.116. The van der Waals surface area contributed by atoms with Crippen LogP contribution in [0, 0.1) is 5.82 Å². The Morgan fingerprint density at radius 3 is 2.45 bits per heavy atom. The normalized spacial score (nSPS) is 11.9. The number of nitrogens with zero attached hydrogens (tertiary/aromatic N) is 2. The van der Waals surface area contributed by atoms with E-state index in [1.54, 1.807) is 45.0 Å². The van der Waals surface area contributed by atoms with Crippen LogP contribution in [0.2, 0.25) is 0 Å². The van der Waals surface area contributed by atoms with Crippen molar-refractivity contribution in [1.82, 2.24) is 9.55 Å². The fourth-order valence-corrected chi connectivity index (χ4v) is 3.81. The summed E-state index contributed by atoms with van der Waals surface area (Å²) in [4.78, 5) is 29.3. The zero-order valence-corrected chi connectivity index (χ0v) is 19.5. The summed E-state index contributed by atoms with van der Waals surface area (Å²) < 4.78 is 44.2. The number of rotatable bonds is 6. The van der Waals surface area contributed by atoms with Crippen LogP contribution < -0.4 is 10.6 Å². The van der Waals surface area contributed by atoms with Crippen molar-refractivity contribution in [3.05, 3.63) is 54.1 Å². The Bertz CT molecular complexity index is 1310. The van der Waals surface area contributed by atoms with Gasteiger partial charge in [-0.3, -0.25) is 10.1 Å². The third kappa shape index (κ3) is 6.75. The van der Waals surface area contributed by atoms with Crippen LogP contribution in [0.4, 0.5) is 20.6 Å². The molecule has 11 heteroatoms. The van der Waals surface area contributed by atoms with Crippen molar-refractivity contribution in [3.8, 4) is 0 Å². The molecule has 0 aliphatic rings. The largest absolute Gasteiger partial charge is 0.444 e. The number of imidazole rings is 1. The van der Waals surface area contributed by atoms with Crippen molar-refractivity contribution >= 4 is 44.2 Å². The Morgan fingerprint density at radius 1 is 1.09 bits per heavy atom. The SMILES string of the molecule is CC(C)(C)OC(=O)Nc1ccc(F)cc1NC(=O)Cn1c(CS(C)(=O)=O)nc2ccccc21. The number of carbonyl (C=O) groups excluding carboxylic acids is 2. The number of benzene rings is 2. The van der Waals surface area contributed by atoms with Gasteiger partial charge in [-0.15, -0.1) is 0 Å². The topological polar surface area (TPSA) is 119 Å². The maximum atomic E-state index is 13.9. The number of ether oxygens (including phenoxy) is 1. The van der Waals surface area contributed by atoms with Crippen molar-refractivity contribution in [2.75, 3.05) is 16.9 Å². The lowest BCUT2D eigenvalue weighted by Crippen LogP contribution is -2.28. The van der Waals surface area contributed by atoms with Gasteiger partial charge in [-0.2, -0.15) is 0 Å². The second-order valence-electron chi connectivity index (χ2n) is 8.54. The molecule has 0 saturated carbocycles. The van der Waals surface area contributed by atoms with E-state index < -0.39 is 33.3 Å². The fourth-order valence-electron chi connectivity index (χ4n) is 3.12. The Hall–Kier alpha value is -3.47. The van der Waals surface area contributed by atoms with Gasteiger partial charge in [-0.25, -0.2) is 22.6 Å². The summed E-state index contributed by atoms with van der Waals surface area (Å²) in [7, 11) is -3.41. The Morgan fingerprint density at radius 2 is 1.79 bits per heavy atom. The van der Waals surface area contributed by atoms with E-state index in [4.69, 9.17) is 4.74 Å². The molecule has 1 aromatic heterocycles. The van der Waals surface area contributed by atoms with Crippen LogP contribution in [-0.4, -0.2) is 41.8 Å². The number of fused-ring (bicyclic) bond motifs is 1. The van der Waals surface area contributed by atoms with E-state index in [9.17, 15) is 22.4 Å². The van der Waals surface area contributed by atoms with Crippen LogP contribution in [-0.2, 0) is 31.7 Å². The summed E-state index contributed by atoms with van der Waals surface area (Å²) in [5.41, 5.74) is 0.553. The number of halogens is 1. The predicted octanol–water partition coefficient (Wildman–Crippen LogP) is 3.71. The van der Waals surface area contributed by atoms with Crippen LogP contribution in [0.25, 0.3) is 11.0 Å². The van der Waals surface area contributed by atoms with E-state index in [1.807, 2.05) is 0 Å². The monoisotopic (exact) mass is 476 g/mol. The third-order valence-electron chi connectivity index (χ3n) is 4.32. The van der Waals surface area contributed by atoms with Gasteiger partial charge in [0.25, 0.3) is 0 Å². The maximum absolute atomic E-state index is 13.9. The molecular formula is C22H25FN4O5S. The fraction of sp³-hybridized carbons (Fsp3) is 0.318. The second kappa shape index (κ2) is 9.18. The maximum Gasteiger partial charge on any atom is 0.412 e. The molecule has 1 heterocycles. The highest BCUT2D eigenvalue weighted by Crippen LogP contribution is 2.24. The van der Waals surface area contributed by atoms with Crippen molar-refractivity contribution in [2.45, 2.75) is 38.7 Å². The molecule has 2 N–H and O–H groups in total. The van der Waals surface area contributed by atoms with Crippen molar-refractivity contribution in [1.29, 1.82) is 0 Å². The summed E-state index contributed by atoms with van der Waals surface area (Å²) in [5.74, 6) is -1.32. The molecule has 0 saturated heterocycles. The summed E-state index contributed by atoms with van der Waals surface area (Å²) in [6, 6.07) is 10.4. The highest BCUT2D eigenvalue weighted by molar-refractivity contribution is 7.89. The second-order valence-corrected chi connectivity index (χ2v) is 10.7. The van der Waals surface area contributed by atoms with E-state index in [0.717, 1.165) is 18.4 Å². The van der Waals surface area contributed by atoms with Crippen LogP contribution >= 0.6 is 0 Å². The van der Waals surface area contributed by atoms with Gasteiger partial charge in [0, 0.05) is 6.26 Å². The molecule has 3 aromatic rings. The van der Waals surface area contributed by atoms with Crippen molar-refractivity contribution in [2.24, 2.45) is 0 Å². The molecule has 2 aromatic carbocycles. The summed E-state index contributed by atoms with van der Waals surface area (Å²) in [6.07, 6.45) is 0.318. The number of nitrogens with one attached hydrogen (secondary N) is 2. The number of sulfone groups is 1. The number of hydrogen-bond acceptors (Lipinski definition) is 6. The third-order valence-corrected chi connectivity index (χ3v) is 5.10. The minimum Gasteiger partial charge on any atom is -0.444 e. The van der Waals surface area contributed by atoms with Crippen LogP contribution in [0.5, 0.6) is 0 Å². The summed E-state index contributed by atoms with van der Waals surface area (Å²) in [5, 5.41) is 5.05. The molecule has 0 atom stereocenters. The molecule has 9 nitrogen and oxygen atoms in total. The Balaban J connectivity index is 1.86. The van der Waals surface area contributed by atoms with Crippen molar-refractivity contribution < 1.29 is 27.1 Å². The first kappa shape index (κ1) is 24.2. The molecule has 0 radical (unpaired) electrons. The van der Waals surface area contributed by atoms with Gasteiger partial charge < -0.3 is 14.6 Å². The van der Waals surface area contributed by atoms with E-state index >= 15 is 0 Å². The molecule has 0 aliphatic carbocycles. The molecule has 0 bridgehead atoms. The standard InChI is InChI=1S/C22H25FN4O5S/c1-22(2,3)32-21(29)26-15-10-9-14(23)11-17(15)25-20(28)12-27-18-8-6-5-7-16(18)24-19(27)13-33(4,30)31/h5-11H,12-13H2,1-4H3,(H,25,28)(H,26,29). The molecule has 0 aliphatic heterocycles. The van der Waals surface area contributed by atoms with Crippen molar-refractivity contribution in [3.63, 3.8) is 0 Å². The lowest BCUT2D eigenvalue weighted by atomic mass is 10.2. The lowest BCUT2D eigenvalue weighted by Gasteiger charge is -2.20. The van der Waals surface area contributed by atoms with Crippen LogP contribution in [0.3, 0.4) is 0 Å². The number of hydrogen-bond donors (Lipinski definition) is 2. The highest BCUT2D eigenvalue weighted by atomic mass is 32.2. The molecule has 3 rings (SSSR count). The highest BCUT2D eigenvalue weighted by Gasteiger charge is 2.20. The number of amides is 2. The quantitative estimate of drug-likeness (QED) is 0.560. The van der Waals surface area contributed by atoms with Gasteiger partial charge in [-0.05, 0) is 51.1 Å². The zero-order chi connectivity index (χ0) is 24.4. The molecular weight excluding hydrogens is 451 g/mol. The Kier molecular flexibility index (Phi) is 6.73. The minimum atomic E-state index is -3.41. The van der Waals surface area contributed by atoms with Gasteiger partial charge >= 0.3 is 6.09 Å². The van der Waals surface area contributed by atoms with Gasteiger partial charge in [0.05, 0.1) is 22.4 Å². The molecule has 2 amide bonds. The number of anilines is 2. The summed E-state index contributed by atoms with van der Waals surface area (Å²) in [6.45, 7) is 4.82. The predicted molar refractivity (Wildman–Crippen MR) is 123 cm³/mol. The van der Waals surface area contributed by atoms with E-state index in [-0.39, 0.29) is 29.5 Å². The van der Waals surface area contributed by atoms with Gasteiger partial charge in [-0.1, -0.05) is 12.1 Å². The minimum absolute atomic E-state index is 0.0277. The number of para-hydroxylation sites is 2. The zero-order valence-electron chi connectivity index (χ0n) is 18.7. The average molecular weight is 477 g/mol. The molecule has 33 heavy (non-hydrogen) atoms. The first-order valence-corrected chi connectivity index (χ1v) is 12.1. The van der Waals surface area contributed by atoms with Crippen LogP contribution in [0.1, 0.15) is 26.6 Å². The van der Waals surface area contributed by atoms with Gasteiger partial charge in [0.2, 0.25) is 5.91 Å². The number of aromatic nitrogens is 2.